The van der Waals surface area contributed by atoms with Crippen LogP contribution in [0.1, 0.15) is 25.0 Å². The molecule has 0 saturated heterocycles. The Morgan fingerprint density at radius 3 is 1.97 bits per heavy atom. The van der Waals surface area contributed by atoms with Crippen LogP contribution in [0.3, 0.4) is 0 Å². The highest BCUT2D eigenvalue weighted by Gasteiger charge is 2.27. The molecule has 0 aliphatic heterocycles. The molecule has 1 atom stereocenters. The normalized spacial score (nSPS) is 12.1. The van der Waals surface area contributed by atoms with Crippen molar-refractivity contribution in [2.24, 2.45) is 0 Å². The summed E-state index contributed by atoms with van der Waals surface area (Å²) in [6, 6.07) is 25.5. The summed E-state index contributed by atoms with van der Waals surface area (Å²) in [7, 11) is 0. The number of hydrogen-bond donors (Lipinski definition) is 1. The average Bonchev–Trinajstić information content (AvgIpc) is 2.74. The smallest absolute Gasteiger partial charge is 0.408 e. The molecule has 0 aliphatic rings. The van der Waals surface area contributed by atoms with E-state index in [-0.39, 0.29) is 6.42 Å². The van der Waals surface area contributed by atoms with Crippen molar-refractivity contribution in [2.75, 3.05) is 0 Å². The fourth-order valence-corrected chi connectivity index (χ4v) is 3.20. The second-order valence-electron chi connectivity index (χ2n) is 7.55. The lowest BCUT2D eigenvalue weighted by atomic mass is 9.95. The van der Waals surface area contributed by atoms with Crippen LogP contribution in [0.4, 0.5) is 4.79 Å². The number of carbonyl (C=O) groups excluding carboxylic acids is 2. The molecule has 3 aromatic rings. The van der Waals surface area contributed by atoms with Crippen molar-refractivity contribution in [3.8, 4) is 11.1 Å². The van der Waals surface area contributed by atoms with Crippen molar-refractivity contribution in [3.63, 3.8) is 0 Å². The van der Waals surface area contributed by atoms with Crippen LogP contribution in [0.5, 0.6) is 0 Å². The predicted octanol–water partition coefficient (Wildman–Crippen LogP) is 3.68. The van der Waals surface area contributed by atoms with Crippen LogP contribution in [-0.2, 0) is 21.6 Å². The second kappa shape index (κ2) is 9.27. The van der Waals surface area contributed by atoms with Crippen LogP contribution in [0.25, 0.3) is 11.1 Å². The highest BCUT2D eigenvalue weighted by molar-refractivity contribution is 5.79. The molecule has 0 aromatic heterocycles. The van der Waals surface area contributed by atoms with E-state index < -0.39 is 23.7 Å². The van der Waals surface area contributed by atoms with Crippen LogP contribution in [0.2, 0.25) is 0 Å². The van der Waals surface area contributed by atoms with E-state index in [1.54, 1.807) is 26.0 Å². The standard InChI is InChI=1S/C25H25NO4/c1-25(2,21-15-13-20(14-16-21)19-11-7-4-8-12-19)30-24(29)26-22(23(27)28)17-18-9-5-3-6-10-18/h3-16,22H,17H2,1-2H3,(H,26,29)(H,27,28)/p-1. The monoisotopic (exact) mass is 402 g/mol. The van der Waals surface area contributed by atoms with Gasteiger partial charge in [0.15, 0.2) is 0 Å². The van der Waals surface area contributed by atoms with Gasteiger partial charge in [0.1, 0.15) is 5.60 Å². The molecule has 0 spiro atoms. The molecule has 0 saturated carbocycles. The fraction of sp³-hybridized carbons (Fsp3) is 0.200. The first-order valence-corrected chi connectivity index (χ1v) is 9.75. The maximum atomic E-state index is 12.4. The molecule has 5 heteroatoms. The van der Waals surface area contributed by atoms with E-state index >= 15 is 0 Å². The Kier molecular flexibility index (Phi) is 6.52. The van der Waals surface area contributed by atoms with E-state index in [1.807, 2.05) is 72.8 Å². The zero-order valence-corrected chi connectivity index (χ0v) is 17.0. The molecule has 5 nitrogen and oxygen atoms in total. The van der Waals surface area contributed by atoms with Crippen molar-refractivity contribution in [3.05, 3.63) is 96.1 Å². The largest absolute Gasteiger partial charge is 0.548 e. The van der Waals surface area contributed by atoms with E-state index in [0.29, 0.717) is 0 Å². The summed E-state index contributed by atoms with van der Waals surface area (Å²) in [5, 5.41) is 13.9. The second-order valence-corrected chi connectivity index (χ2v) is 7.55. The summed E-state index contributed by atoms with van der Waals surface area (Å²) in [5.74, 6) is -1.36. The molecular formula is C25H24NO4-. The van der Waals surface area contributed by atoms with Gasteiger partial charge in [0.05, 0.1) is 12.0 Å². The number of alkyl carbamates (subject to hydrolysis) is 1. The Morgan fingerprint density at radius 1 is 0.867 bits per heavy atom. The first kappa shape index (κ1) is 21.1. The van der Waals surface area contributed by atoms with Crippen LogP contribution < -0.4 is 10.4 Å². The Balaban J connectivity index is 1.66. The average molecular weight is 402 g/mol. The molecule has 1 N–H and O–H groups in total. The highest BCUT2D eigenvalue weighted by atomic mass is 16.6. The van der Waals surface area contributed by atoms with Gasteiger partial charge in [-0.05, 0) is 42.5 Å². The number of ether oxygens (including phenoxy) is 1. The van der Waals surface area contributed by atoms with Crippen molar-refractivity contribution >= 4 is 12.1 Å². The van der Waals surface area contributed by atoms with Crippen molar-refractivity contribution in [2.45, 2.75) is 31.9 Å². The number of hydrogen-bond acceptors (Lipinski definition) is 4. The van der Waals surface area contributed by atoms with Crippen LogP contribution in [0.15, 0.2) is 84.9 Å². The molecule has 3 rings (SSSR count). The van der Waals surface area contributed by atoms with Gasteiger partial charge in [-0.2, -0.15) is 0 Å². The summed E-state index contributed by atoms with van der Waals surface area (Å²) in [4.78, 5) is 23.9. The lowest BCUT2D eigenvalue weighted by Gasteiger charge is -2.28. The van der Waals surface area contributed by atoms with Gasteiger partial charge in [-0.1, -0.05) is 84.9 Å². The summed E-state index contributed by atoms with van der Waals surface area (Å²) in [6.07, 6.45) is -0.693. The van der Waals surface area contributed by atoms with Gasteiger partial charge in [-0.3, -0.25) is 0 Å². The minimum Gasteiger partial charge on any atom is -0.548 e. The van der Waals surface area contributed by atoms with Gasteiger partial charge >= 0.3 is 6.09 Å². The minimum absolute atomic E-state index is 0.116. The third kappa shape index (κ3) is 5.47. The number of rotatable bonds is 7. The lowest BCUT2D eigenvalue weighted by molar-refractivity contribution is -0.308. The van der Waals surface area contributed by atoms with Gasteiger partial charge in [0, 0.05) is 0 Å². The lowest BCUT2D eigenvalue weighted by Crippen LogP contribution is -2.50. The van der Waals surface area contributed by atoms with E-state index in [9.17, 15) is 14.7 Å². The topological polar surface area (TPSA) is 78.5 Å². The third-order valence-corrected chi connectivity index (χ3v) is 4.89. The summed E-state index contributed by atoms with van der Waals surface area (Å²) < 4.78 is 5.55. The molecule has 0 aliphatic carbocycles. The Hall–Kier alpha value is -3.60. The number of amides is 1. The zero-order chi connectivity index (χ0) is 21.6. The number of nitrogens with one attached hydrogen (secondary N) is 1. The van der Waals surface area contributed by atoms with Crippen molar-refractivity contribution in [1.29, 1.82) is 0 Å². The van der Waals surface area contributed by atoms with E-state index in [0.717, 1.165) is 22.3 Å². The highest BCUT2D eigenvalue weighted by Crippen LogP contribution is 2.28. The number of carboxylic acids is 1. The molecule has 154 valence electrons. The van der Waals surface area contributed by atoms with Crippen molar-refractivity contribution < 1.29 is 19.4 Å². The van der Waals surface area contributed by atoms with Gasteiger partial charge < -0.3 is 20.0 Å². The van der Waals surface area contributed by atoms with E-state index in [1.165, 1.54) is 0 Å². The maximum Gasteiger partial charge on any atom is 0.408 e. The Bertz CT molecular complexity index is 983. The number of aliphatic carboxylic acids is 1. The SMILES string of the molecule is CC(C)(OC(=O)NC(Cc1ccccc1)C(=O)[O-])c1ccc(-c2ccccc2)cc1. The fourth-order valence-electron chi connectivity index (χ4n) is 3.20. The molecule has 30 heavy (non-hydrogen) atoms. The van der Waals surface area contributed by atoms with Crippen LogP contribution in [-0.4, -0.2) is 18.1 Å². The Labute approximate surface area is 176 Å². The summed E-state index contributed by atoms with van der Waals surface area (Å²) in [6.45, 7) is 3.52. The number of carboxylic acid groups (broad SMARTS) is 1. The molecule has 0 fully saturated rings. The predicted molar refractivity (Wildman–Crippen MR) is 113 cm³/mol. The first-order chi connectivity index (χ1) is 14.3. The van der Waals surface area contributed by atoms with Gasteiger partial charge in [-0.25, -0.2) is 4.79 Å². The van der Waals surface area contributed by atoms with Crippen molar-refractivity contribution in [1.82, 2.24) is 5.32 Å². The number of benzene rings is 3. The molecule has 1 unspecified atom stereocenters. The molecule has 3 aromatic carbocycles. The Morgan fingerprint density at radius 2 is 1.40 bits per heavy atom. The molecule has 0 heterocycles. The third-order valence-electron chi connectivity index (χ3n) is 4.89. The minimum atomic E-state index is -1.36. The van der Waals surface area contributed by atoms with Crippen LogP contribution >= 0.6 is 0 Å². The van der Waals surface area contributed by atoms with Gasteiger partial charge in [-0.15, -0.1) is 0 Å². The van der Waals surface area contributed by atoms with Crippen LogP contribution in [0, 0.1) is 0 Å². The zero-order valence-electron chi connectivity index (χ0n) is 17.0. The van der Waals surface area contributed by atoms with Gasteiger partial charge in [0.25, 0.3) is 0 Å². The van der Waals surface area contributed by atoms with E-state index in [2.05, 4.69) is 5.32 Å². The van der Waals surface area contributed by atoms with E-state index in [4.69, 9.17) is 4.74 Å². The quantitative estimate of drug-likeness (QED) is 0.654. The molecule has 1 amide bonds. The summed E-state index contributed by atoms with van der Waals surface area (Å²) >= 11 is 0. The molecular weight excluding hydrogens is 378 g/mol. The first-order valence-electron chi connectivity index (χ1n) is 9.75. The maximum absolute atomic E-state index is 12.4. The molecule has 0 bridgehead atoms. The van der Waals surface area contributed by atoms with Gasteiger partial charge in [0.2, 0.25) is 0 Å². The summed E-state index contributed by atoms with van der Waals surface area (Å²) in [5.41, 5.74) is 2.79. The number of carbonyl (C=O) groups is 2. The molecule has 0 radical (unpaired) electrons.